The van der Waals surface area contributed by atoms with Gasteiger partial charge in [0.2, 0.25) is 5.91 Å². The van der Waals surface area contributed by atoms with Gasteiger partial charge in [0, 0.05) is 6.54 Å². The molecule has 1 amide bonds. The fourth-order valence-electron chi connectivity index (χ4n) is 2.92. The standard InChI is InChI=1S/C16H20ClF3N2O/c1-10-6-11(2)15(13(17)7-10)21-14(23)9-22-5-3-4-12(8-22)16(18,19)20/h6-7,12H,3-5,8-9H2,1-2H3,(H,21,23). The third-order valence-electron chi connectivity index (χ3n) is 4.03. The normalized spacial score (nSPS) is 19.7. The molecule has 1 unspecified atom stereocenters. The first-order valence-corrected chi connectivity index (χ1v) is 7.90. The van der Waals surface area contributed by atoms with Gasteiger partial charge in [0.25, 0.3) is 0 Å². The van der Waals surface area contributed by atoms with Crippen molar-refractivity contribution in [3.05, 3.63) is 28.3 Å². The number of hydrogen-bond donors (Lipinski definition) is 1. The molecular formula is C16H20ClF3N2O. The van der Waals surface area contributed by atoms with Crippen LogP contribution in [0.5, 0.6) is 0 Å². The van der Waals surface area contributed by atoms with E-state index in [1.807, 2.05) is 19.9 Å². The number of rotatable bonds is 3. The first-order valence-electron chi connectivity index (χ1n) is 7.52. The Morgan fingerprint density at radius 3 is 2.70 bits per heavy atom. The quantitative estimate of drug-likeness (QED) is 0.889. The minimum Gasteiger partial charge on any atom is -0.323 e. The fraction of sp³-hybridized carbons (Fsp3) is 0.562. The molecule has 1 N–H and O–H groups in total. The number of carbonyl (C=O) groups is 1. The van der Waals surface area contributed by atoms with E-state index in [0.29, 0.717) is 23.7 Å². The fourth-order valence-corrected chi connectivity index (χ4v) is 3.29. The van der Waals surface area contributed by atoms with E-state index in [9.17, 15) is 18.0 Å². The minimum atomic E-state index is -4.20. The second-order valence-electron chi connectivity index (χ2n) is 6.10. The minimum absolute atomic E-state index is 0.0593. The molecule has 23 heavy (non-hydrogen) atoms. The lowest BCUT2D eigenvalue weighted by Gasteiger charge is -2.33. The van der Waals surface area contributed by atoms with Gasteiger partial charge < -0.3 is 5.32 Å². The molecule has 1 fully saturated rings. The van der Waals surface area contributed by atoms with E-state index in [2.05, 4.69) is 5.32 Å². The van der Waals surface area contributed by atoms with Crippen molar-refractivity contribution in [1.29, 1.82) is 0 Å². The number of hydrogen-bond acceptors (Lipinski definition) is 2. The summed E-state index contributed by atoms with van der Waals surface area (Å²) in [5, 5.41) is 3.15. The number of nitrogens with zero attached hydrogens (tertiary/aromatic N) is 1. The van der Waals surface area contributed by atoms with Crippen molar-refractivity contribution in [1.82, 2.24) is 4.90 Å². The summed E-state index contributed by atoms with van der Waals surface area (Å²) in [4.78, 5) is 13.7. The zero-order valence-corrected chi connectivity index (χ0v) is 13.9. The van der Waals surface area contributed by atoms with Gasteiger partial charge >= 0.3 is 6.18 Å². The van der Waals surface area contributed by atoms with Crippen LogP contribution in [-0.4, -0.2) is 36.6 Å². The van der Waals surface area contributed by atoms with Crippen molar-refractivity contribution >= 4 is 23.2 Å². The molecule has 1 aliphatic rings. The number of nitrogens with one attached hydrogen (secondary N) is 1. The van der Waals surface area contributed by atoms with E-state index in [4.69, 9.17) is 11.6 Å². The van der Waals surface area contributed by atoms with Crippen LogP contribution >= 0.6 is 11.6 Å². The molecule has 2 rings (SSSR count). The molecule has 1 aliphatic heterocycles. The molecule has 7 heteroatoms. The number of benzene rings is 1. The molecule has 1 atom stereocenters. The van der Waals surface area contributed by atoms with Crippen molar-refractivity contribution < 1.29 is 18.0 Å². The summed E-state index contributed by atoms with van der Waals surface area (Å²) in [5.74, 6) is -1.70. The lowest BCUT2D eigenvalue weighted by atomic mass is 9.97. The summed E-state index contributed by atoms with van der Waals surface area (Å²) in [6.07, 6.45) is -3.63. The Bertz CT molecular complexity index is 566. The van der Waals surface area contributed by atoms with Crippen LogP contribution in [0.3, 0.4) is 0 Å². The van der Waals surface area contributed by atoms with Crippen molar-refractivity contribution in [2.45, 2.75) is 32.9 Å². The monoisotopic (exact) mass is 348 g/mol. The van der Waals surface area contributed by atoms with E-state index in [1.54, 1.807) is 11.0 Å². The Balaban J connectivity index is 1.98. The van der Waals surface area contributed by atoms with Crippen LogP contribution < -0.4 is 5.32 Å². The molecule has 0 radical (unpaired) electrons. The highest BCUT2D eigenvalue weighted by Gasteiger charge is 2.41. The van der Waals surface area contributed by atoms with Crippen LogP contribution in [0.1, 0.15) is 24.0 Å². The molecule has 128 valence electrons. The van der Waals surface area contributed by atoms with Gasteiger partial charge in [-0.15, -0.1) is 0 Å². The lowest BCUT2D eigenvalue weighted by molar-refractivity contribution is -0.186. The first kappa shape index (κ1) is 18.1. The first-order chi connectivity index (χ1) is 10.7. The second-order valence-corrected chi connectivity index (χ2v) is 6.51. The predicted molar refractivity (Wildman–Crippen MR) is 84.8 cm³/mol. The number of piperidine rings is 1. The van der Waals surface area contributed by atoms with Crippen LogP contribution in [0, 0.1) is 19.8 Å². The smallest absolute Gasteiger partial charge is 0.323 e. The summed E-state index contributed by atoms with van der Waals surface area (Å²) in [7, 11) is 0. The van der Waals surface area contributed by atoms with Crippen LogP contribution in [-0.2, 0) is 4.79 Å². The summed E-state index contributed by atoms with van der Waals surface area (Å²) >= 11 is 6.13. The highest BCUT2D eigenvalue weighted by Crippen LogP contribution is 2.33. The molecule has 1 saturated heterocycles. The molecule has 0 bridgehead atoms. The van der Waals surface area contributed by atoms with Gasteiger partial charge in [0.15, 0.2) is 0 Å². The Kier molecular flexibility index (Phi) is 5.57. The molecular weight excluding hydrogens is 329 g/mol. The van der Waals surface area contributed by atoms with Gasteiger partial charge in [0.05, 0.1) is 23.2 Å². The third kappa shape index (κ3) is 4.85. The predicted octanol–water partition coefficient (Wildman–Crippen LogP) is 4.17. The molecule has 0 spiro atoms. The molecule has 1 aromatic rings. The summed E-state index contributed by atoms with van der Waals surface area (Å²) in [6, 6.07) is 3.63. The summed E-state index contributed by atoms with van der Waals surface area (Å²) in [5.41, 5.74) is 2.33. The van der Waals surface area contributed by atoms with E-state index in [1.165, 1.54) is 0 Å². The molecule has 3 nitrogen and oxygen atoms in total. The largest absolute Gasteiger partial charge is 0.393 e. The third-order valence-corrected chi connectivity index (χ3v) is 4.33. The highest BCUT2D eigenvalue weighted by molar-refractivity contribution is 6.34. The average molecular weight is 349 g/mol. The Labute approximate surface area is 138 Å². The van der Waals surface area contributed by atoms with Gasteiger partial charge in [-0.25, -0.2) is 0 Å². The maximum absolute atomic E-state index is 12.8. The molecule has 1 heterocycles. The van der Waals surface area contributed by atoms with Gasteiger partial charge in [-0.1, -0.05) is 17.7 Å². The zero-order valence-electron chi connectivity index (χ0n) is 13.1. The van der Waals surface area contributed by atoms with Gasteiger partial charge in [0.1, 0.15) is 0 Å². The Morgan fingerprint density at radius 1 is 1.39 bits per heavy atom. The average Bonchev–Trinajstić information content (AvgIpc) is 2.42. The van der Waals surface area contributed by atoms with Crippen molar-refractivity contribution in [3.63, 3.8) is 0 Å². The van der Waals surface area contributed by atoms with Crippen LogP contribution in [0.15, 0.2) is 12.1 Å². The van der Waals surface area contributed by atoms with E-state index in [-0.39, 0.29) is 25.4 Å². The van der Waals surface area contributed by atoms with E-state index in [0.717, 1.165) is 11.1 Å². The number of carbonyl (C=O) groups excluding carboxylic acids is 1. The number of halogens is 4. The Hall–Kier alpha value is -1.27. The van der Waals surface area contributed by atoms with Gasteiger partial charge in [-0.3, -0.25) is 9.69 Å². The van der Waals surface area contributed by atoms with Crippen LogP contribution in [0.2, 0.25) is 5.02 Å². The van der Waals surface area contributed by atoms with Crippen molar-refractivity contribution in [2.75, 3.05) is 25.0 Å². The molecule has 1 aromatic carbocycles. The van der Waals surface area contributed by atoms with Crippen LogP contribution in [0.4, 0.5) is 18.9 Å². The number of amides is 1. The maximum atomic E-state index is 12.8. The number of likely N-dealkylation sites (tertiary alicyclic amines) is 1. The number of alkyl halides is 3. The summed E-state index contributed by atoms with van der Waals surface area (Å²) < 4.78 is 38.4. The van der Waals surface area contributed by atoms with Crippen molar-refractivity contribution in [2.24, 2.45) is 5.92 Å². The molecule has 0 aromatic heterocycles. The lowest BCUT2D eigenvalue weighted by Crippen LogP contribution is -2.44. The van der Waals surface area contributed by atoms with E-state index < -0.39 is 12.1 Å². The summed E-state index contributed by atoms with van der Waals surface area (Å²) in [6.45, 7) is 4.04. The van der Waals surface area contributed by atoms with E-state index >= 15 is 0 Å². The van der Waals surface area contributed by atoms with Crippen LogP contribution in [0.25, 0.3) is 0 Å². The topological polar surface area (TPSA) is 32.3 Å². The van der Waals surface area contributed by atoms with Gasteiger partial charge in [-0.05, 0) is 50.4 Å². The van der Waals surface area contributed by atoms with Gasteiger partial charge in [-0.2, -0.15) is 13.2 Å². The molecule has 0 aliphatic carbocycles. The highest BCUT2D eigenvalue weighted by atomic mass is 35.5. The van der Waals surface area contributed by atoms with Crippen molar-refractivity contribution in [3.8, 4) is 0 Å². The second kappa shape index (κ2) is 7.09. The number of anilines is 1. The SMILES string of the molecule is Cc1cc(C)c(NC(=O)CN2CCCC(C(F)(F)F)C2)c(Cl)c1. The maximum Gasteiger partial charge on any atom is 0.393 e. The molecule has 0 saturated carbocycles. The number of aryl methyl sites for hydroxylation is 2. The Morgan fingerprint density at radius 2 is 2.09 bits per heavy atom. The zero-order chi connectivity index (χ0) is 17.2.